The first-order chi connectivity index (χ1) is 14.9. The first-order valence-electron chi connectivity index (χ1n) is 10.1. The lowest BCUT2D eigenvalue weighted by Gasteiger charge is -2.39. The lowest BCUT2D eigenvalue weighted by atomic mass is 9.80. The molecule has 4 rings (SSSR count). The summed E-state index contributed by atoms with van der Waals surface area (Å²) in [6, 6.07) is 14.8. The fourth-order valence-electron chi connectivity index (χ4n) is 4.06. The van der Waals surface area contributed by atoms with Gasteiger partial charge in [-0.2, -0.15) is 5.26 Å². The number of nitrogens with two attached hydrogens (primary N) is 1. The normalized spacial score (nSPS) is 20.6. The molecule has 0 spiro atoms. The van der Waals surface area contributed by atoms with Crippen LogP contribution in [0.5, 0.6) is 0 Å². The highest BCUT2D eigenvalue weighted by Gasteiger charge is 2.38. The van der Waals surface area contributed by atoms with Crippen molar-refractivity contribution in [3.63, 3.8) is 0 Å². The second-order valence-electron chi connectivity index (χ2n) is 8.05. The Morgan fingerprint density at radius 3 is 2.26 bits per heavy atom. The molecular weight excluding hydrogens is 396 g/mol. The fourth-order valence-corrected chi connectivity index (χ4v) is 4.06. The standard InChI is InChI=1S/C25H23F2N3O/c1-15(2)30-13-18(11-16-3-7-19(26)8-4-16)24-22(14-30)23(21(12-28)25(29)31-24)17-5-9-20(27)10-6-17/h3-11,15,23H,13-14,29H2,1-2H3/b18-11-/t23-/m1/s1. The van der Waals surface area contributed by atoms with Gasteiger partial charge in [-0.05, 0) is 60.9 Å². The zero-order valence-electron chi connectivity index (χ0n) is 17.4. The van der Waals surface area contributed by atoms with Crippen molar-refractivity contribution < 1.29 is 13.5 Å². The van der Waals surface area contributed by atoms with Crippen LogP contribution >= 0.6 is 0 Å². The van der Waals surface area contributed by atoms with Crippen molar-refractivity contribution in [3.8, 4) is 6.07 Å². The summed E-state index contributed by atoms with van der Waals surface area (Å²) in [6.45, 7) is 5.42. The van der Waals surface area contributed by atoms with Gasteiger partial charge >= 0.3 is 0 Å². The van der Waals surface area contributed by atoms with Crippen LogP contribution in [0.15, 0.2) is 76.9 Å². The van der Waals surface area contributed by atoms with Gasteiger partial charge in [0, 0.05) is 24.7 Å². The highest BCUT2D eigenvalue weighted by Crippen LogP contribution is 2.44. The largest absolute Gasteiger partial charge is 0.440 e. The third-order valence-corrected chi connectivity index (χ3v) is 5.71. The summed E-state index contributed by atoms with van der Waals surface area (Å²) in [6.07, 6.45) is 1.95. The maximum atomic E-state index is 13.6. The highest BCUT2D eigenvalue weighted by molar-refractivity contribution is 5.63. The quantitative estimate of drug-likeness (QED) is 0.774. The third kappa shape index (κ3) is 4.10. The Morgan fingerprint density at radius 1 is 1.06 bits per heavy atom. The second kappa shape index (κ2) is 8.37. The van der Waals surface area contributed by atoms with Crippen LogP contribution < -0.4 is 5.73 Å². The van der Waals surface area contributed by atoms with Crippen molar-refractivity contribution in [3.05, 3.63) is 99.7 Å². The van der Waals surface area contributed by atoms with E-state index >= 15 is 0 Å². The van der Waals surface area contributed by atoms with Crippen molar-refractivity contribution in [2.75, 3.05) is 13.1 Å². The van der Waals surface area contributed by atoms with Crippen LogP contribution in [0.2, 0.25) is 0 Å². The van der Waals surface area contributed by atoms with Crippen LogP contribution in [0.25, 0.3) is 6.08 Å². The smallest absolute Gasteiger partial charge is 0.205 e. The number of halogens is 2. The average Bonchev–Trinajstić information content (AvgIpc) is 2.75. The first kappa shape index (κ1) is 20.8. The molecule has 0 aromatic heterocycles. The van der Waals surface area contributed by atoms with Crippen molar-refractivity contribution in [1.82, 2.24) is 4.90 Å². The Labute approximate surface area is 180 Å². The van der Waals surface area contributed by atoms with Crippen molar-refractivity contribution in [1.29, 1.82) is 5.26 Å². The summed E-state index contributed by atoms with van der Waals surface area (Å²) < 4.78 is 32.9. The molecule has 2 N–H and O–H groups in total. The lowest BCUT2D eigenvalue weighted by Crippen LogP contribution is -2.41. The van der Waals surface area contributed by atoms with E-state index in [0.717, 1.165) is 22.3 Å². The molecule has 6 heteroatoms. The van der Waals surface area contributed by atoms with Crippen molar-refractivity contribution in [2.45, 2.75) is 25.8 Å². The first-order valence-corrected chi connectivity index (χ1v) is 10.1. The lowest BCUT2D eigenvalue weighted by molar-refractivity contribution is 0.208. The summed E-state index contributed by atoms with van der Waals surface area (Å²) in [5.41, 5.74) is 9.90. The number of nitrogens with zero attached hydrogens (tertiary/aromatic N) is 2. The summed E-state index contributed by atoms with van der Waals surface area (Å²) in [5.74, 6) is -0.381. The van der Waals surface area contributed by atoms with E-state index in [1.54, 1.807) is 24.3 Å². The Kier molecular flexibility index (Phi) is 5.62. The molecule has 1 atom stereocenters. The fraction of sp³-hybridized carbons (Fsp3) is 0.240. The van der Waals surface area contributed by atoms with E-state index in [0.29, 0.717) is 24.4 Å². The predicted octanol–water partition coefficient (Wildman–Crippen LogP) is 4.83. The maximum absolute atomic E-state index is 13.6. The Morgan fingerprint density at radius 2 is 1.68 bits per heavy atom. The Hall–Kier alpha value is -3.43. The summed E-state index contributed by atoms with van der Waals surface area (Å²) in [5, 5.41) is 9.81. The van der Waals surface area contributed by atoms with E-state index in [2.05, 4.69) is 24.8 Å². The summed E-state index contributed by atoms with van der Waals surface area (Å²) >= 11 is 0. The Balaban J connectivity index is 1.88. The van der Waals surface area contributed by atoms with E-state index in [4.69, 9.17) is 10.5 Å². The number of rotatable bonds is 3. The number of hydrogen-bond acceptors (Lipinski definition) is 4. The molecule has 4 nitrogen and oxygen atoms in total. The van der Waals surface area contributed by atoms with Gasteiger partial charge in [-0.3, -0.25) is 4.90 Å². The monoisotopic (exact) mass is 419 g/mol. The molecule has 0 unspecified atom stereocenters. The maximum Gasteiger partial charge on any atom is 0.205 e. The number of nitriles is 1. The third-order valence-electron chi connectivity index (χ3n) is 5.71. The van der Waals surface area contributed by atoms with Gasteiger partial charge in [-0.1, -0.05) is 24.3 Å². The van der Waals surface area contributed by atoms with E-state index < -0.39 is 5.92 Å². The van der Waals surface area contributed by atoms with Crippen LogP contribution in [-0.2, 0) is 4.74 Å². The SMILES string of the molecule is CC(C)N1CC2=C(OC(N)=C(C#N)[C@H]2c2ccc(F)cc2)/C(=C\c2ccc(F)cc2)C1. The molecule has 31 heavy (non-hydrogen) atoms. The molecule has 2 heterocycles. The molecular formula is C25H23F2N3O. The number of benzene rings is 2. The molecule has 0 saturated heterocycles. The summed E-state index contributed by atoms with van der Waals surface area (Å²) in [4.78, 5) is 2.27. The van der Waals surface area contributed by atoms with Crippen molar-refractivity contribution >= 4 is 6.08 Å². The van der Waals surface area contributed by atoms with Crippen molar-refractivity contribution in [2.24, 2.45) is 5.73 Å². The van der Waals surface area contributed by atoms with Gasteiger partial charge < -0.3 is 10.5 Å². The minimum Gasteiger partial charge on any atom is -0.440 e. The zero-order chi connectivity index (χ0) is 22.1. The van der Waals surface area contributed by atoms with Gasteiger partial charge in [0.25, 0.3) is 0 Å². The van der Waals surface area contributed by atoms with Crippen LogP contribution in [0.3, 0.4) is 0 Å². The van der Waals surface area contributed by atoms with E-state index in [9.17, 15) is 14.0 Å². The summed E-state index contributed by atoms with van der Waals surface area (Å²) in [7, 11) is 0. The molecule has 0 radical (unpaired) electrons. The van der Waals surface area contributed by atoms with Gasteiger partial charge in [0.15, 0.2) is 0 Å². The predicted molar refractivity (Wildman–Crippen MR) is 115 cm³/mol. The molecule has 0 bridgehead atoms. The van der Waals surface area contributed by atoms with Crippen LogP contribution in [0.4, 0.5) is 8.78 Å². The van der Waals surface area contributed by atoms with E-state index in [1.807, 2.05) is 6.08 Å². The molecule has 2 aromatic carbocycles. The molecule has 0 fully saturated rings. The molecule has 0 saturated carbocycles. The number of hydrogen-bond donors (Lipinski definition) is 1. The van der Waals surface area contributed by atoms with Gasteiger partial charge in [-0.15, -0.1) is 0 Å². The zero-order valence-corrected chi connectivity index (χ0v) is 17.4. The van der Waals surface area contributed by atoms with Crippen LogP contribution in [0.1, 0.15) is 30.9 Å². The highest BCUT2D eigenvalue weighted by atomic mass is 19.1. The molecule has 0 aliphatic carbocycles. The van der Waals surface area contributed by atoms with Gasteiger partial charge in [0.1, 0.15) is 29.0 Å². The minimum absolute atomic E-state index is 0.0542. The molecule has 2 aliphatic heterocycles. The molecule has 0 amide bonds. The minimum atomic E-state index is -0.424. The van der Waals surface area contributed by atoms with Crippen LogP contribution in [-0.4, -0.2) is 24.0 Å². The van der Waals surface area contributed by atoms with Gasteiger partial charge in [0.05, 0.1) is 5.92 Å². The van der Waals surface area contributed by atoms with Crippen LogP contribution in [0, 0.1) is 23.0 Å². The topological polar surface area (TPSA) is 62.3 Å². The molecule has 2 aliphatic rings. The average molecular weight is 419 g/mol. The molecule has 158 valence electrons. The molecule has 2 aromatic rings. The van der Waals surface area contributed by atoms with Gasteiger partial charge in [-0.25, -0.2) is 8.78 Å². The Bertz CT molecular complexity index is 1120. The second-order valence-corrected chi connectivity index (χ2v) is 8.05. The van der Waals surface area contributed by atoms with Gasteiger partial charge in [0.2, 0.25) is 5.88 Å². The number of allylic oxidation sites excluding steroid dienone is 1. The van der Waals surface area contributed by atoms with E-state index in [-0.39, 0.29) is 23.6 Å². The number of ether oxygens (including phenoxy) is 1. The van der Waals surface area contributed by atoms with E-state index in [1.165, 1.54) is 24.3 Å².